The maximum Gasteiger partial charge on any atom is 0.427 e. The van der Waals surface area contributed by atoms with Crippen LogP contribution in [0, 0.1) is 0 Å². The number of hydrogen-bond acceptors (Lipinski definition) is 6. The predicted molar refractivity (Wildman–Crippen MR) is 127 cm³/mol. The molecule has 180 valence electrons. The van der Waals surface area contributed by atoms with Gasteiger partial charge < -0.3 is 15.8 Å². The monoisotopic (exact) mass is 481 g/mol. The lowest BCUT2D eigenvalue weighted by Crippen LogP contribution is -2.44. The zero-order valence-electron chi connectivity index (χ0n) is 18.9. The molecule has 0 amide bonds. The van der Waals surface area contributed by atoms with Crippen LogP contribution in [0.2, 0.25) is 0 Å². The SMILES string of the molecule is C=C(C=CC=CC)C(O)(c1cc(-c2c[nH]c3ncc(-c4cnn(C)c4)cc23)nc(N)n1)C(F)(F)F. The number of aromatic amines is 1. The summed E-state index contributed by atoms with van der Waals surface area (Å²) in [7, 11) is 1.78. The summed E-state index contributed by atoms with van der Waals surface area (Å²) in [6.45, 7) is 5.15. The molecule has 4 rings (SSSR count). The Morgan fingerprint density at radius 2 is 1.94 bits per heavy atom. The average Bonchev–Trinajstić information content (AvgIpc) is 3.43. The smallest absolute Gasteiger partial charge is 0.371 e. The van der Waals surface area contributed by atoms with Gasteiger partial charge in [-0.05, 0) is 24.6 Å². The van der Waals surface area contributed by atoms with Crippen molar-refractivity contribution in [3.8, 4) is 22.4 Å². The highest BCUT2D eigenvalue weighted by atomic mass is 19.4. The maximum atomic E-state index is 14.2. The van der Waals surface area contributed by atoms with Crippen LogP contribution in [-0.4, -0.2) is 41.0 Å². The van der Waals surface area contributed by atoms with Crippen LogP contribution in [0.1, 0.15) is 12.6 Å². The summed E-state index contributed by atoms with van der Waals surface area (Å²) in [4.78, 5) is 15.2. The molecule has 0 radical (unpaired) electrons. The molecular weight excluding hydrogens is 459 g/mol. The number of allylic oxidation sites excluding steroid dienone is 3. The molecule has 0 aliphatic rings. The number of nitrogens with zero attached hydrogens (tertiary/aromatic N) is 5. The van der Waals surface area contributed by atoms with Crippen LogP contribution >= 0.6 is 0 Å². The van der Waals surface area contributed by atoms with Gasteiger partial charge in [-0.1, -0.05) is 30.9 Å². The van der Waals surface area contributed by atoms with Crippen molar-refractivity contribution in [3.05, 3.63) is 79.1 Å². The molecule has 0 saturated carbocycles. The average molecular weight is 481 g/mol. The highest BCUT2D eigenvalue weighted by molar-refractivity contribution is 5.95. The highest BCUT2D eigenvalue weighted by Crippen LogP contribution is 2.44. The first-order valence-electron chi connectivity index (χ1n) is 10.4. The number of nitrogens with one attached hydrogen (secondary N) is 1. The first kappa shape index (κ1) is 23.9. The first-order chi connectivity index (χ1) is 16.5. The Morgan fingerprint density at radius 1 is 1.17 bits per heavy atom. The van der Waals surface area contributed by atoms with E-state index in [0.717, 1.165) is 23.3 Å². The van der Waals surface area contributed by atoms with Crippen molar-refractivity contribution in [2.24, 2.45) is 7.05 Å². The third-order valence-electron chi connectivity index (χ3n) is 5.44. The van der Waals surface area contributed by atoms with Crippen molar-refractivity contribution in [1.29, 1.82) is 0 Å². The number of fused-ring (bicyclic) bond motifs is 1. The molecule has 8 nitrogen and oxygen atoms in total. The molecule has 0 saturated heterocycles. The quantitative estimate of drug-likeness (QED) is 0.351. The van der Waals surface area contributed by atoms with Crippen LogP contribution in [0.3, 0.4) is 0 Å². The van der Waals surface area contributed by atoms with E-state index in [9.17, 15) is 18.3 Å². The summed E-state index contributed by atoms with van der Waals surface area (Å²) in [6, 6.07) is 2.87. The zero-order chi connectivity index (χ0) is 25.4. The fourth-order valence-electron chi connectivity index (χ4n) is 3.63. The summed E-state index contributed by atoms with van der Waals surface area (Å²) in [6.07, 6.45) is 7.13. The van der Waals surface area contributed by atoms with Gasteiger partial charge in [-0.25, -0.2) is 15.0 Å². The Bertz CT molecular complexity index is 1470. The van der Waals surface area contributed by atoms with Gasteiger partial charge in [0.25, 0.3) is 0 Å². The lowest BCUT2D eigenvalue weighted by atomic mass is 9.88. The summed E-state index contributed by atoms with van der Waals surface area (Å²) < 4.78 is 44.1. The fourth-order valence-corrected chi connectivity index (χ4v) is 3.63. The Hall–Kier alpha value is -4.25. The van der Waals surface area contributed by atoms with Crippen molar-refractivity contribution in [2.75, 3.05) is 5.73 Å². The number of nitrogens with two attached hydrogens (primary N) is 1. The van der Waals surface area contributed by atoms with E-state index < -0.39 is 29.0 Å². The van der Waals surface area contributed by atoms with Crippen LogP contribution in [0.4, 0.5) is 19.1 Å². The topological polar surface area (TPSA) is 119 Å². The number of halogens is 3. The summed E-state index contributed by atoms with van der Waals surface area (Å²) in [5.74, 6) is -0.434. The van der Waals surface area contributed by atoms with Crippen molar-refractivity contribution < 1.29 is 18.3 Å². The number of aliphatic hydroxyl groups is 1. The molecule has 1 unspecified atom stereocenters. The van der Waals surface area contributed by atoms with Gasteiger partial charge in [-0.2, -0.15) is 18.3 Å². The number of aryl methyl sites for hydroxylation is 1. The largest absolute Gasteiger partial charge is 0.427 e. The molecule has 0 spiro atoms. The van der Waals surface area contributed by atoms with Crippen molar-refractivity contribution in [1.82, 2.24) is 29.7 Å². The Balaban J connectivity index is 1.87. The molecule has 4 aromatic rings. The number of nitrogen functional groups attached to an aromatic ring is 1. The van der Waals surface area contributed by atoms with Gasteiger partial charge in [0.1, 0.15) is 5.65 Å². The van der Waals surface area contributed by atoms with E-state index in [1.54, 1.807) is 43.3 Å². The van der Waals surface area contributed by atoms with Crippen LogP contribution < -0.4 is 5.73 Å². The normalized spacial score (nSPS) is 14.2. The Kier molecular flexibility index (Phi) is 6.03. The fraction of sp³-hybridized carbons (Fsp3) is 0.167. The minimum absolute atomic E-state index is 0.0804. The van der Waals surface area contributed by atoms with Crippen LogP contribution in [0.25, 0.3) is 33.4 Å². The molecule has 0 aliphatic heterocycles. The lowest BCUT2D eigenvalue weighted by Gasteiger charge is -2.31. The van der Waals surface area contributed by atoms with Gasteiger partial charge in [-0.15, -0.1) is 0 Å². The van der Waals surface area contributed by atoms with E-state index in [-0.39, 0.29) is 5.69 Å². The standard InChI is InChI=1S/C24H22F3N7O/c1-4-5-6-7-14(2)23(35,24(25,26)27)20-9-19(32-22(28)33-20)18-12-30-21-17(18)8-15(10-29-21)16-11-31-34(3)13-16/h4-13,35H,2H2,1,3H3,(H,29,30)(H2,28,32,33). The molecule has 0 bridgehead atoms. The predicted octanol–water partition coefficient (Wildman–Crippen LogP) is 4.44. The van der Waals surface area contributed by atoms with Gasteiger partial charge in [0.05, 0.1) is 17.6 Å². The number of rotatable bonds is 6. The molecule has 0 fully saturated rings. The number of hydrogen-bond donors (Lipinski definition) is 3. The van der Waals surface area contributed by atoms with Gasteiger partial charge in [0.15, 0.2) is 0 Å². The second-order valence-corrected chi connectivity index (χ2v) is 7.84. The van der Waals surface area contributed by atoms with Crippen LogP contribution in [-0.2, 0) is 12.6 Å². The third-order valence-corrected chi connectivity index (χ3v) is 5.44. The molecular formula is C24H22F3N7O. The number of pyridine rings is 1. The molecule has 1 atom stereocenters. The lowest BCUT2D eigenvalue weighted by molar-refractivity contribution is -0.249. The molecule has 4 aromatic heterocycles. The summed E-state index contributed by atoms with van der Waals surface area (Å²) in [5.41, 5.74) is 3.53. The molecule has 11 heteroatoms. The number of anilines is 1. The number of alkyl halides is 3. The molecule has 35 heavy (non-hydrogen) atoms. The Labute approximate surface area is 198 Å². The minimum Gasteiger partial charge on any atom is -0.371 e. The van der Waals surface area contributed by atoms with E-state index in [4.69, 9.17) is 5.73 Å². The maximum absolute atomic E-state index is 14.2. The van der Waals surface area contributed by atoms with Gasteiger partial charge in [0, 0.05) is 47.7 Å². The van der Waals surface area contributed by atoms with E-state index in [0.29, 0.717) is 16.6 Å². The summed E-state index contributed by atoms with van der Waals surface area (Å²) >= 11 is 0. The van der Waals surface area contributed by atoms with E-state index >= 15 is 0 Å². The van der Waals surface area contributed by atoms with Crippen molar-refractivity contribution >= 4 is 17.0 Å². The molecule has 0 aliphatic carbocycles. The van der Waals surface area contributed by atoms with Crippen molar-refractivity contribution in [2.45, 2.75) is 18.7 Å². The molecule has 4 heterocycles. The van der Waals surface area contributed by atoms with Crippen LogP contribution in [0.5, 0.6) is 0 Å². The van der Waals surface area contributed by atoms with Gasteiger partial charge in [-0.3, -0.25) is 4.68 Å². The minimum atomic E-state index is -5.13. The second-order valence-electron chi connectivity index (χ2n) is 7.84. The van der Waals surface area contributed by atoms with E-state index in [2.05, 4.69) is 31.6 Å². The highest BCUT2D eigenvalue weighted by Gasteiger charge is 2.57. The molecule has 0 aromatic carbocycles. The van der Waals surface area contributed by atoms with Gasteiger partial charge >= 0.3 is 6.18 Å². The second kappa shape index (κ2) is 8.84. The van der Waals surface area contributed by atoms with E-state index in [1.165, 1.54) is 12.2 Å². The van der Waals surface area contributed by atoms with Gasteiger partial charge in [0.2, 0.25) is 11.5 Å². The third kappa shape index (κ3) is 4.33. The molecule has 4 N–H and O–H groups in total. The van der Waals surface area contributed by atoms with Crippen LogP contribution in [0.15, 0.2) is 73.4 Å². The van der Waals surface area contributed by atoms with E-state index in [1.807, 2.05) is 12.3 Å². The first-order valence-corrected chi connectivity index (χ1v) is 10.4. The number of aromatic nitrogens is 6. The zero-order valence-corrected chi connectivity index (χ0v) is 18.9. The Morgan fingerprint density at radius 3 is 2.60 bits per heavy atom. The summed E-state index contributed by atoms with van der Waals surface area (Å²) in [5, 5.41) is 15.6. The number of H-pyrrole nitrogens is 1. The van der Waals surface area contributed by atoms with Crippen molar-refractivity contribution in [3.63, 3.8) is 0 Å².